The van der Waals surface area contributed by atoms with Crippen LogP contribution in [0.4, 0.5) is 0 Å². The van der Waals surface area contributed by atoms with Crippen molar-refractivity contribution in [3.63, 3.8) is 0 Å². The van der Waals surface area contributed by atoms with E-state index in [9.17, 15) is 4.79 Å². The molecule has 1 amide bonds. The second kappa shape index (κ2) is 6.34. The highest BCUT2D eigenvalue weighted by Gasteiger charge is 2.40. The van der Waals surface area contributed by atoms with Crippen LogP contribution in [0.5, 0.6) is 0 Å². The first-order valence-corrected chi connectivity index (χ1v) is 7.05. The van der Waals surface area contributed by atoms with Gasteiger partial charge in [0, 0.05) is 19.1 Å². The average molecular weight is 252 g/mol. The van der Waals surface area contributed by atoms with E-state index < -0.39 is 0 Å². The monoisotopic (exact) mass is 252 g/mol. The Bertz CT molecular complexity index is 326. The van der Waals surface area contributed by atoms with Crippen LogP contribution in [0.3, 0.4) is 0 Å². The lowest BCUT2D eigenvalue weighted by molar-refractivity contribution is -0.125. The molecular formula is C14H24N2O2. The molecule has 0 aromatic heterocycles. The van der Waals surface area contributed by atoms with Crippen LogP contribution in [0.25, 0.3) is 0 Å². The lowest BCUT2D eigenvalue weighted by Gasteiger charge is -2.42. The zero-order valence-electron chi connectivity index (χ0n) is 11.2. The van der Waals surface area contributed by atoms with Crippen LogP contribution in [-0.2, 0) is 9.53 Å². The molecule has 1 saturated carbocycles. The van der Waals surface area contributed by atoms with Crippen LogP contribution in [0.1, 0.15) is 45.4 Å². The van der Waals surface area contributed by atoms with Crippen molar-refractivity contribution >= 4 is 5.91 Å². The number of hydrogen-bond acceptors (Lipinski definition) is 3. The van der Waals surface area contributed by atoms with Crippen molar-refractivity contribution < 1.29 is 9.53 Å². The summed E-state index contributed by atoms with van der Waals surface area (Å²) in [4.78, 5) is 11.9. The van der Waals surface area contributed by atoms with E-state index in [2.05, 4.69) is 11.4 Å². The van der Waals surface area contributed by atoms with E-state index in [4.69, 9.17) is 10.5 Å². The van der Waals surface area contributed by atoms with E-state index >= 15 is 0 Å². The summed E-state index contributed by atoms with van der Waals surface area (Å²) in [6, 6.07) is 0.0486. The number of hydrogen-bond donors (Lipinski definition) is 2. The van der Waals surface area contributed by atoms with Gasteiger partial charge in [0.15, 0.2) is 0 Å². The molecule has 0 aromatic carbocycles. The first kappa shape index (κ1) is 13.6. The molecule has 102 valence electrons. The summed E-state index contributed by atoms with van der Waals surface area (Å²) < 4.78 is 5.54. The predicted molar refractivity (Wildman–Crippen MR) is 71.1 cm³/mol. The van der Waals surface area contributed by atoms with Crippen LogP contribution in [0, 0.1) is 0 Å². The lowest BCUT2D eigenvalue weighted by Crippen LogP contribution is -2.64. The second-order valence-corrected chi connectivity index (χ2v) is 5.27. The Hall–Kier alpha value is -0.870. The van der Waals surface area contributed by atoms with Crippen LogP contribution >= 0.6 is 0 Å². The third kappa shape index (κ3) is 3.33. The van der Waals surface area contributed by atoms with E-state index in [-0.39, 0.29) is 24.1 Å². The molecule has 18 heavy (non-hydrogen) atoms. The molecule has 0 radical (unpaired) electrons. The number of rotatable bonds is 5. The molecule has 3 N–H and O–H groups in total. The van der Waals surface area contributed by atoms with Gasteiger partial charge in [0.2, 0.25) is 5.91 Å². The number of amides is 1. The molecule has 4 nitrogen and oxygen atoms in total. The Morgan fingerprint density at radius 3 is 3.00 bits per heavy atom. The van der Waals surface area contributed by atoms with Gasteiger partial charge in [0.1, 0.15) is 0 Å². The minimum atomic E-state index is 0.00152. The largest absolute Gasteiger partial charge is 0.376 e. The summed E-state index contributed by atoms with van der Waals surface area (Å²) in [5.74, 6) is 0.0907. The molecule has 4 heteroatoms. The van der Waals surface area contributed by atoms with Gasteiger partial charge in [0.05, 0.1) is 12.1 Å². The third-order valence-corrected chi connectivity index (χ3v) is 3.85. The average Bonchev–Trinajstić information content (AvgIpc) is 2.37. The highest BCUT2D eigenvalue weighted by Crippen LogP contribution is 2.24. The maximum Gasteiger partial charge on any atom is 0.224 e. The zero-order valence-corrected chi connectivity index (χ0v) is 11.2. The normalized spacial score (nSPS) is 31.4. The first-order valence-electron chi connectivity index (χ1n) is 7.05. The van der Waals surface area contributed by atoms with Crippen molar-refractivity contribution in [2.24, 2.45) is 5.73 Å². The molecule has 0 saturated heterocycles. The number of allylic oxidation sites excluding steroid dienone is 1. The number of nitrogens with two attached hydrogens (primary N) is 1. The summed E-state index contributed by atoms with van der Waals surface area (Å²) in [6.45, 7) is 2.64. The van der Waals surface area contributed by atoms with Gasteiger partial charge in [-0.2, -0.15) is 0 Å². The number of ether oxygens (including phenoxy) is 1. The summed E-state index contributed by atoms with van der Waals surface area (Å²) >= 11 is 0. The SMILES string of the molecule is CCOC1CC(N)C1NC(=O)CC1=CCCCC1. The Morgan fingerprint density at radius 2 is 2.39 bits per heavy atom. The maximum atomic E-state index is 11.9. The van der Waals surface area contributed by atoms with Crippen LogP contribution in [0.15, 0.2) is 11.6 Å². The summed E-state index contributed by atoms with van der Waals surface area (Å²) in [5.41, 5.74) is 7.19. The van der Waals surface area contributed by atoms with E-state index in [0.717, 1.165) is 19.3 Å². The topological polar surface area (TPSA) is 64.3 Å². The molecule has 3 unspecified atom stereocenters. The van der Waals surface area contributed by atoms with Crippen LogP contribution < -0.4 is 11.1 Å². The Morgan fingerprint density at radius 1 is 1.56 bits per heavy atom. The van der Waals surface area contributed by atoms with Crippen LogP contribution in [0.2, 0.25) is 0 Å². The molecule has 0 heterocycles. The standard InChI is InChI=1S/C14H24N2O2/c1-2-18-12-9-11(15)14(12)16-13(17)8-10-6-4-3-5-7-10/h6,11-12,14H,2-5,7-9,15H2,1H3,(H,16,17). The molecule has 3 atom stereocenters. The molecule has 2 aliphatic carbocycles. The van der Waals surface area contributed by atoms with Gasteiger partial charge in [0.25, 0.3) is 0 Å². The second-order valence-electron chi connectivity index (χ2n) is 5.27. The quantitative estimate of drug-likeness (QED) is 0.729. The van der Waals surface area contributed by atoms with E-state index in [1.807, 2.05) is 6.92 Å². The zero-order chi connectivity index (χ0) is 13.0. The van der Waals surface area contributed by atoms with Crippen molar-refractivity contribution in [2.45, 2.75) is 63.6 Å². The number of carbonyl (C=O) groups excluding carboxylic acids is 1. The van der Waals surface area contributed by atoms with Gasteiger partial charge in [-0.25, -0.2) is 0 Å². The maximum absolute atomic E-state index is 11.9. The van der Waals surface area contributed by atoms with Gasteiger partial charge in [-0.1, -0.05) is 11.6 Å². The van der Waals surface area contributed by atoms with Crippen LogP contribution in [-0.4, -0.2) is 30.7 Å². The Kier molecular flexibility index (Phi) is 4.78. The van der Waals surface area contributed by atoms with Gasteiger partial charge in [-0.3, -0.25) is 4.79 Å². The highest BCUT2D eigenvalue weighted by atomic mass is 16.5. The van der Waals surface area contributed by atoms with Crippen molar-refractivity contribution in [3.05, 3.63) is 11.6 Å². The molecule has 0 aliphatic heterocycles. The van der Waals surface area contributed by atoms with Gasteiger partial charge < -0.3 is 15.8 Å². The molecule has 2 rings (SSSR count). The first-order chi connectivity index (χ1) is 8.70. The highest BCUT2D eigenvalue weighted by molar-refractivity contribution is 5.79. The lowest BCUT2D eigenvalue weighted by atomic mass is 9.83. The molecule has 0 aromatic rings. The fourth-order valence-electron chi connectivity index (χ4n) is 2.74. The van der Waals surface area contributed by atoms with Crippen molar-refractivity contribution in [1.29, 1.82) is 0 Å². The van der Waals surface area contributed by atoms with E-state index in [1.54, 1.807) is 0 Å². The van der Waals surface area contributed by atoms with Gasteiger partial charge in [-0.15, -0.1) is 0 Å². The van der Waals surface area contributed by atoms with E-state index in [1.165, 1.54) is 18.4 Å². The number of nitrogens with one attached hydrogen (secondary N) is 1. The Balaban J connectivity index is 1.77. The Labute approximate surface area is 109 Å². The minimum absolute atomic E-state index is 0.00152. The summed E-state index contributed by atoms with van der Waals surface area (Å²) in [7, 11) is 0. The predicted octanol–water partition coefficient (Wildman–Crippen LogP) is 1.50. The minimum Gasteiger partial charge on any atom is -0.376 e. The molecular weight excluding hydrogens is 228 g/mol. The summed E-state index contributed by atoms with van der Waals surface area (Å²) in [6.07, 6.45) is 8.35. The molecule has 0 spiro atoms. The van der Waals surface area contributed by atoms with Gasteiger partial charge >= 0.3 is 0 Å². The fourth-order valence-corrected chi connectivity index (χ4v) is 2.74. The van der Waals surface area contributed by atoms with Gasteiger partial charge in [-0.05, 0) is 39.0 Å². The van der Waals surface area contributed by atoms with Crippen molar-refractivity contribution in [1.82, 2.24) is 5.32 Å². The summed E-state index contributed by atoms with van der Waals surface area (Å²) in [5, 5.41) is 3.02. The molecule has 1 fully saturated rings. The molecule has 2 aliphatic rings. The smallest absolute Gasteiger partial charge is 0.224 e. The van der Waals surface area contributed by atoms with E-state index in [0.29, 0.717) is 13.0 Å². The fraction of sp³-hybridized carbons (Fsp3) is 0.786. The van der Waals surface area contributed by atoms with Crippen molar-refractivity contribution in [3.8, 4) is 0 Å². The third-order valence-electron chi connectivity index (χ3n) is 3.85. The molecule has 0 bridgehead atoms. The van der Waals surface area contributed by atoms with Crippen molar-refractivity contribution in [2.75, 3.05) is 6.61 Å². The number of carbonyl (C=O) groups is 1.